The summed E-state index contributed by atoms with van der Waals surface area (Å²) in [6, 6.07) is 0. The van der Waals surface area contributed by atoms with E-state index < -0.39 is 0 Å². The molecule has 0 aromatic carbocycles. The van der Waals surface area contributed by atoms with E-state index in [0.717, 1.165) is 18.8 Å². The van der Waals surface area contributed by atoms with Crippen molar-refractivity contribution < 1.29 is 5.11 Å². The number of aliphatic hydroxyl groups is 1. The molecule has 0 bridgehead atoms. The number of rotatable bonds is 7. The third kappa shape index (κ3) is 5.90. The maximum Gasteiger partial charge on any atom is 0.0543 e. The minimum absolute atomic E-state index is 0.0516. The first-order valence-corrected chi connectivity index (χ1v) is 7.81. The van der Waals surface area contributed by atoms with E-state index in [-0.39, 0.29) is 6.10 Å². The van der Waals surface area contributed by atoms with Gasteiger partial charge in [0.2, 0.25) is 0 Å². The Labute approximate surface area is 108 Å². The van der Waals surface area contributed by atoms with Crippen LogP contribution < -0.4 is 0 Å². The van der Waals surface area contributed by atoms with Crippen LogP contribution >= 0.6 is 0 Å². The molecule has 0 heterocycles. The topological polar surface area (TPSA) is 20.2 Å². The zero-order chi connectivity index (χ0) is 12.7. The quantitative estimate of drug-likeness (QED) is 0.679. The van der Waals surface area contributed by atoms with Crippen molar-refractivity contribution in [3.05, 3.63) is 0 Å². The van der Waals surface area contributed by atoms with Gasteiger partial charge in [0.25, 0.3) is 0 Å². The fourth-order valence-electron chi connectivity index (χ4n) is 3.28. The molecule has 1 nitrogen and oxygen atoms in total. The first kappa shape index (κ1) is 15.0. The third-order valence-electron chi connectivity index (χ3n) is 4.67. The Balaban J connectivity index is 2.17. The predicted molar refractivity (Wildman–Crippen MR) is 75.1 cm³/mol. The molecule has 0 aliphatic heterocycles. The molecule has 0 aromatic heterocycles. The molecule has 17 heavy (non-hydrogen) atoms. The van der Waals surface area contributed by atoms with Crippen LogP contribution in [-0.4, -0.2) is 11.2 Å². The summed E-state index contributed by atoms with van der Waals surface area (Å²) in [4.78, 5) is 0. The molecule has 102 valence electrons. The van der Waals surface area contributed by atoms with Gasteiger partial charge in [-0.05, 0) is 37.0 Å². The lowest BCUT2D eigenvalue weighted by Gasteiger charge is -2.25. The Morgan fingerprint density at radius 2 is 1.76 bits per heavy atom. The van der Waals surface area contributed by atoms with E-state index in [9.17, 15) is 5.11 Å². The predicted octanol–water partition coefficient (Wildman–Crippen LogP) is 4.78. The van der Waals surface area contributed by atoms with Crippen LogP contribution in [0.15, 0.2) is 0 Å². The van der Waals surface area contributed by atoms with Gasteiger partial charge in [-0.3, -0.25) is 0 Å². The van der Waals surface area contributed by atoms with Crippen molar-refractivity contribution in [2.24, 2.45) is 17.8 Å². The van der Waals surface area contributed by atoms with Crippen molar-refractivity contribution in [2.45, 2.75) is 84.7 Å². The highest BCUT2D eigenvalue weighted by Crippen LogP contribution is 2.29. The lowest BCUT2D eigenvalue weighted by molar-refractivity contribution is 0.109. The van der Waals surface area contributed by atoms with E-state index in [0.29, 0.717) is 11.8 Å². The molecular weight excluding hydrogens is 208 g/mol. The second kappa shape index (κ2) is 8.13. The summed E-state index contributed by atoms with van der Waals surface area (Å²) >= 11 is 0. The molecule has 1 N–H and O–H groups in total. The van der Waals surface area contributed by atoms with E-state index in [2.05, 4.69) is 20.8 Å². The Hall–Kier alpha value is -0.0400. The zero-order valence-electron chi connectivity index (χ0n) is 12.1. The fourth-order valence-corrected chi connectivity index (χ4v) is 3.28. The molecule has 1 aliphatic rings. The summed E-state index contributed by atoms with van der Waals surface area (Å²) in [5, 5.41) is 10.1. The number of hydrogen-bond donors (Lipinski definition) is 1. The van der Waals surface area contributed by atoms with Crippen molar-refractivity contribution in [2.75, 3.05) is 0 Å². The second-order valence-electron chi connectivity index (χ2n) is 6.38. The van der Waals surface area contributed by atoms with Gasteiger partial charge in [0.1, 0.15) is 0 Å². The van der Waals surface area contributed by atoms with Crippen LogP contribution in [0.4, 0.5) is 0 Å². The molecule has 1 saturated carbocycles. The molecule has 2 atom stereocenters. The standard InChI is InChI=1S/C16H32O/c1-4-15(13(2)3)12-16(17)11-10-14-8-6-5-7-9-14/h13-17H,4-12H2,1-3H3. The van der Waals surface area contributed by atoms with E-state index in [1.165, 1.54) is 44.9 Å². The molecule has 0 aromatic rings. The summed E-state index contributed by atoms with van der Waals surface area (Å²) in [7, 11) is 0. The molecule has 2 unspecified atom stereocenters. The monoisotopic (exact) mass is 240 g/mol. The average molecular weight is 240 g/mol. The smallest absolute Gasteiger partial charge is 0.0543 e. The first-order valence-electron chi connectivity index (χ1n) is 7.81. The van der Waals surface area contributed by atoms with E-state index in [1.807, 2.05) is 0 Å². The van der Waals surface area contributed by atoms with E-state index >= 15 is 0 Å². The van der Waals surface area contributed by atoms with Crippen LogP contribution in [-0.2, 0) is 0 Å². The van der Waals surface area contributed by atoms with Gasteiger partial charge in [0.05, 0.1) is 6.10 Å². The summed E-state index contributed by atoms with van der Waals surface area (Å²) in [6.45, 7) is 6.81. The molecular formula is C16H32O. The van der Waals surface area contributed by atoms with Gasteiger partial charge < -0.3 is 5.11 Å². The van der Waals surface area contributed by atoms with Gasteiger partial charge in [-0.1, -0.05) is 59.3 Å². The normalized spacial score (nSPS) is 21.7. The number of hydrogen-bond acceptors (Lipinski definition) is 1. The molecule has 1 fully saturated rings. The van der Waals surface area contributed by atoms with Crippen LogP contribution in [0, 0.1) is 17.8 Å². The van der Waals surface area contributed by atoms with Crippen molar-refractivity contribution in [3.8, 4) is 0 Å². The molecule has 1 heteroatoms. The number of aliphatic hydroxyl groups excluding tert-OH is 1. The Kier molecular flexibility index (Phi) is 7.18. The van der Waals surface area contributed by atoms with Gasteiger partial charge >= 0.3 is 0 Å². The van der Waals surface area contributed by atoms with Crippen molar-refractivity contribution in [1.82, 2.24) is 0 Å². The molecule has 0 amide bonds. The van der Waals surface area contributed by atoms with Crippen LogP contribution in [0.1, 0.15) is 78.6 Å². The lowest BCUT2D eigenvalue weighted by Crippen LogP contribution is -2.18. The third-order valence-corrected chi connectivity index (χ3v) is 4.67. The second-order valence-corrected chi connectivity index (χ2v) is 6.38. The maximum absolute atomic E-state index is 10.1. The van der Waals surface area contributed by atoms with Crippen molar-refractivity contribution in [3.63, 3.8) is 0 Å². The maximum atomic E-state index is 10.1. The molecule has 1 aliphatic carbocycles. The minimum Gasteiger partial charge on any atom is -0.393 e. The summed E-state index contributed by atoms with van der Waals surface area (Å²) in [6.07, 6.45) is 11.6. The Morgan fingerprint density at radius 3 is 2.29 bits per heavy atom. The Bertz CT molecular complexity index is 182. The highest BCUT2D eigenvalue weighted by Gasteiger charge is 2.18. The van der Waals surface area contributed by atoms with Crippen LogP contribution in [0.5, 0.6) is 0 Å². The first-order chi connectivity index (χ1) is 8.13. The van der Waals surface area contributed by atoms with Crippen molar-refractivity contribution >= 4 is 0 Å². The largest absolute Gasteiger partial charge is 0.393 e. The van der Waals surface area contributed by atoms with Gasteiger partial charge in [0, 0.05) is 0 Å². The van der Waals surface area contributed by atoms with Crippen LogP contribution in [0.2, 0.25) is 0 Å². The fraction of sp³-hybridized carbons (Fsp3) is 1.00. The molecule has 0 spiro atoms. The van der Waals surface area contributed by atoms with Gasteiger partial charge in [0.15, 0.2) is 0 Å². The van der Waals surface area contributed by atoms with Gasteiger partial charge in [-0.15, -0.1) is 0 Å². The highest BCUT2D eigenvalue weighted by atomic mass is 16.3. The van der Waals surface area contributed by atoms with E-state index in [4.69, 9.17) is 0 Å². The Morgan fingerprint density at radius 1 is 1.12 bits per heavy atom. The van der Waals surface area contributed by atoms with Crippen LogP contribution in [0.25, 0.3) is 0 Å². The summed E-state index contributed by atoms with van der Waals surface area (Å²) in [5.41, 5.74) is 0. The van der Waals surface area contributed by atoms with Crippen molar-refractivity contribution in [1.29, 1.82) is 0 Å². The summed E-state index contributed by atoms with van der Waals surface area (Å²) < 4.78 is 0. The SMILES string of the molecule is CCC(CC(O)CCC1CCCCC1)C(C)C. The summed E-state index contributed by atoms with van der Waals surface area (Å²) in [5.74, 6) is 2.33. The van der Waals surface area contributed by atoms with E-state index in [1.54, 1.807) is 0 Å². The lowest BCUT2D eigenvalue weighted by atomic mass is 9.83. The molecule has 0 saturated heterocycles. The van der Waals surface area contributed by atoms with Gasteiger partial charge in [-0.25, -0.2) is 0 Å². The molecule has 0 radical (unpaired) electrons. The highest BCUT2D eigenvalue weighted by molar-refractivity contribution is 4.71. The van der Waals surface area contributed by atoms with Crippen LogP contribution in [0.3, 0.4) is 0 Å². The van der Waals surface area contributed by atoms with Gasteiger partial charge in [-0.2, -0.15) is 0 Å². The molecule has 1 rings (SSSR count). The minimum atomic E-state index is -0.0516. The zero-order valence-corrected chi connectivity index (χ0v) is 12.1. The average Bonchev–Trinajstić information content (AvgIpc) is 2.34.